The molecule has 0 aliphatic carbocycles. The maximum atomic E-state index is 13.3. The highest BCUT2D eigenvalue weighted by atomic mass is 16.5. The van der Waals surface area contributed by atoms with E-state index in [4.69, 9.17) is 4.74 Å². The number of aliphatic carboxylic acids is 1. The first-order valence-corrected chi connectivity index (χ1v) is 14.4. The molecule has 0 spiro atoms. The van der Waals surface area contributed by atoms with Gasteiger partial charge in [-0.25, -0.2) is 0 Å². The molecule has 1 heterocycles. The molecule has 210 valence electrons. The summed E-state index contributed by atoms with van der Waals surface area (Å²) >= 11 is 0. The first kappa shape index (κ1) is 31.3. The Bertz CT molecular complexity index is 1040. The highest BCUT2D eigenvalue weighted by Gasteiger charge is 2.27. The monoisotopic (exact) mass is 525 g/mol. The topological polar surface area (TPSA) is 85.6 Å². The summed E-state index contributed by atoms with van der Waals surface area (Å²) in [5.41, 5.74) is 2.44. The fourth-order valence-electron chi connectivity index (χ4n) is 4.70. The molecule has 0 saturated heterocycles. The van der Waals surface area contributed by atoms with Crippen LogP contribution < -0.4 is 4.74 Å². The molecular weight excluding hydrogens is 478 g/mol. The van der Waals surface area contributed by atoms with E-state index in [9.17, 15) is 19.5 Å². The van der Waals surface area contributed by atoms with Gasteiger partial charge >= 0.3 is 5.97 Å². The standard InChI is InChI=1S/C32H47NO5/c1-7-9-10-11-12-13-14-25-15-17-28(18-16-25)38-24(6)31(35)23(5)33-20-27(19-26(8-2)32(36)37)29(21-33)30(34)22(3)4/h15-18,20-24,26H,7-14,19H2,1-6H3,(H,36,37). The number of ether oxygens (including phenoxy) is 1. The Morgan fingerprint density at radius 1 is 0.895 bits per heavy atom. The molecule has 0 radical (unpaired) electrons. The van der Waals surface area contributed by atoms with Gasteiger partial charge in [0.25, 0.3) is 0 Å². The second-order valence-corrected chi connectivity index (χ2v) is 10.8. The van der Waals surface area contributed by atoms with Crippen molar-refractivity contribution in [3.63, 3.8) is 0 Å². The Balaban J connectivity index is 2.05. The van der Waals surface area contributed by atoms with Crippen molar-refractivity contribution >= 4 is 17.5 Å². The minimum Gasteiger partial charge on any atom is -0.483 e. The SMILES string of the molecule is CCCCCCCCc1ccc(OC(C)C(=O)C(C)n2cc(CC(CC)C(=O)O)c(C(=O)C(C)C)c2)cc1. The molecule has 0 fully saturated rings. The zero-order valence-corrected chi connectivity index (χ0v) is 24.2. The number of ketones is 2. The van der Waals surface area contributed by atoms with Gasteiger partial charge in [-0.15, -0.1) is 0 Å². The van der Waals surface area contributed by atoms with Crippen molar-refractivity contribution in [1.29, 1.82) is 0 Å². The zero-order chi connectivity index (χ0) is 28.2. The van der Waals surface area contributed by atoms with E-state index in [1.54, 1.807) is 30.8 Å². The number of rotatable bonds is 18. The fraction of sp³-hybridized carbons (Fsp3) is 0.594. The molecule has 1 N–H and O–H groups in total. The van der Waals surface area contributed by atoms with E-state index in [1.807, 2.05) is 32.9 Å². The number of benzene rings is 1. The van der Waals surface area contributed by atoms with E-state index in [1.165, 1.54) is 44.1 Å². The van der Waals surface area contributed by atoms with Gasteiger partial charge in [0, 0.05) is 23.9 Å². The summed E-state index contributed by atoms with van der Waals surface area (Å²) in [6.07, 6.45) is 12.2. The van der Waals surface area contributed by atoms with Crippen molar-refractivity contribution < 1.29 is 24.2 Å². The van der Waals surface area contributed by atoms with Crippen LogP contribution in [-0.2, 0) is 22.4 Å². The highest BCUT2D eigenvalue weighted by Crippen LogP contribution is 2.25. The molecule has 3 unspecified atom stereocenters. The van der Waals surface area contributed by atoms with E-state index in [2.05, 4.69) is 19.1 Å². The van der Waals surface area contributed by atoms with Gasteiger partial charge in [-0.2, -0.15) is 0 Å². The van der Waals surface area contributed by atoms with Gasteiger partial charge < -0.3 is 14.4 Å². The third-order valence-electron chi connectivity index (χ3n) is 7.34. The van der Waals surface area contributed by atoms with Gasteiger partial charge in [0.1, 0.15) is 5.75 Å². The minimum atomic E-state index is -0.882. The molecule has 1 aromatic heterocycles. The number of aromatic nitrogens is 1. The summed E-state index contributed by atoms with van der Waals surface area (Å²) in [6.45, 7) is 11.2. The number of hydrogen-bond donors (Lipinski definition) is 1. The number of unbranched alkanes of at least 4 members (excludes halogenated alkanes) is 5. The lowest BCUT2D eigenvalue weighted by atomic mass is 9.93. The van der Waals surface area contributed by atoms with Crippen LogP contribution in [0.1, 0.15) is 114 Å². The third kappa shape index (κ3) is 9.14. The summed E-state index contributed by atoms with van der Waals surface area (Å²) < 4.78 is 7.70. The molecule has 0 aliphatic rings. The molecule has 2 aromatic rings. The first-order chi connectivity index (χ1) is 18.1. The number of carboxylic acids is 1. The second kappa shape index (κ2) is 15.5. The molecule has 0 aliphatic heterocycles. The molecule has 0 bridgehead atoms. The van der Waals surface area contributed by atoms with Crippen LogP contribution in [0.4, 0.5) is 0 Å². The summed E-state index contributed by atoms with van der Waals surface area (Å²) in [7, 11) is 0. The Morgan fingerprint density at radius 2 is 1.53 bits per heavy atom. The highest BCUT2D eigenvalue weighted by molar-refractivity contribution is 5.99. The van der Waals surface area contributed by atoms with Crippen LogP contribution >= 0.6 is 0 Å². The van der Waals surface area contributed by atoms with E-state index in [-0.39, 0.29) is 23.9 Å². The molecule has 38 heavy (non-hydrogen) atoms. The lowest BCUT2D eigenvalue weighted by Gasteiger charge is -2.19. The third-order valence-corrected chi connectivity index (χ3v) is 7.34. The van der Waals surface area contributed by atoms with E-state index >= 15 is 0 Å². The number of nitrogens with zero attached hydrogens (tertiary/aromatic N) is 1. The van der Waals surface area contributed by atoms with Gasteiger partial charge in [0.15, 0.2) is 17.7 Å². The minimum absolute atomic E-state index is 0.0519. The van der Waals surface area contributed by atoms with Gasteiger partial charge in [0.2, 0.25) is 0 Å². The largest absolute Gasteiger partial charge is 0.483 e. The van der Waals surface area contributed by atoms with E-state index < -0.39 is 24.0 Å². The van der Waals surface area contributed by atoms with E-state index in [0.29, 0.717) is 23.3 Å². The van der Waals surface area contributed by atoms with Crippen LogP contribution in [0.25, 0.3) is 0 Å². The van der Waals surface area contributed by atoms with Crippen molar-refractivity contribution in [2.24, 2.45) is 11.8 Å². The normalized spacial score (nSPS) is 13.8. The van der Waals surface area contributed by atoms with Crippen LogP contribution in [0.3, 0.4) is 0 Å². The predicted molar refractivity (Wildman–Crippen MR) is 152 cm³/mol. The molecule has 3 atom stereocenters. The number of Topliss-reactive ketones (excluding diaryl/α,β-unsaturated/α-hetero) is 2. The van der Waals surface area contributed by atoms with Crippen LogP contribution in [0, 0.1) is 11.8 Å². The maximum absolute atomic E-state index is 13.3. The molecule has 6 nitrogen and oxygen atoms in total. The lowest BCUT2D eigenvalue weighted by Crippen LogP contribution is -2.30. The Hall–Kier alpha value is -2.89. The van der Waals surface area contributed by atoms with Crippen LogP contribution in [0.2, 0.25) is 0 Å². The molecular formula is C32H47NO5. The fourth-order valence-corrected chi connectivity index (χ4v) is 4.70. The number of carbonyl (C=O) groups excluding carboxylic acids is 2. The van der Waals surface area contributed by atoms with Crippen LogP contribution in [-0.4, -0.2) is 33.3 Å². The molecule has 0 saturated carbocycles. The molecule has 6 heteroatoms. The predicted octanol–water partition coefficient (Wildman–Crippen LogP) is 7.48. The summed E-state index contributed by atoms with van der Waals surface area (Å²) in [6, 6.07) is 7.41. The zero-order valence-electron chi connectivity index (χ0n) is 24.2. The number of carboxylic acid groups (broad SMARTS) is 1. The van der Waals surface area contributed by atoms with E-state index in [0.717, 1.165) is 6.42 Å². The number of aryl methyl sites for hydroxylation is 1. The summed E-state index contributed by atoms with van der Waals surface area (Å²) in [5.74, 6) is -1.21. The van der Waals surface area contributed by atoms with Crippen molar-refractivity contribution in [3.05, 3.63) is 53.3 Å². The average Bonchev–Trinajstić information content (AvgIpc) is 3.32. The maximum Gasteiger partial charge on any atom is 0.306 e. The van der Waals surface area contributed by atoms with Crippen molar-refractivity contribution in [3.8, 4) is 5.75 Å². The number of hydrogen-bond acceptors (Lipinski definition) is 4. The Morgan fingerprint density at radius 3 is 2.11 bits per heavy atom. The molecule has 2 rings (SSSR count). The summed E-state index contributed by atoms with van der Waals surface area (Å²) in [5, 5.41) is 9.53. The Kier molecular flexibility index (Phi) is 12.8. The molecule has 1 aromatic carbocycles. The number of carbonyl (C=O) groups is 3. The van der Waals surface area contributed by atoms with Crippen LogP contribution in [0.5, 0.6) is 5.75 Å². The van der Waals surface area contributed by atoms with Gasteiger partial charge in [-0.3, -0.25) is 14.4 Å². The first-order valence-electron chi connectivity index (χ1n) is 14.4. The quantitative estimate of drug-likeness (QED) is 0.161. The Labute approximate surface area is 228 Å². The second-order valence-electron chi connectivity index (χ2n) is 10.8. The lowest BCUT2D eigenvalue weighted by molar-refractivity contribution is -0.141. The summed E-state index contributed by atoms with van der Waals surface area (Å²) in [4.78, 5) is 37.7. The van der Waals surface area contributed by atoms with Gasteiger partial charge in [-0.05, 0) is 62.8 Å². The van der Waals surface area contributed by atoms with Crippen LogP contribution in [0.15, 0.2) is 36.7 Å². The smallest absolute Gasteiger partial charge is 0.306 e. The van der Waals surface area contributed by atoms with Crippen molar-refractivity contribution in [1.82, 2.24) is 4.57 Å². The average molecular weight is 526 g/mol. The van der Waals surface area contributed by atoms with Crippen molar-refractivity contribution in [2.75, 3.05) is 0 Å². The van der Waals surface area contributed by atoms with Crippen molar-refractivity contribution in [2.45, 2.75) is 111 Å². The van der Waals surface area contributed by atoms with Gasteiger partial charge in [-0.1, -0.05) is 71.9 Å². The van der Waals surface area contributed by atoms with Gasteiger partial charge in [0.05, 0.1) is 12.0 Å². The molecule has 0 amide bonds.